The predicted octanol–water partition coefficient (Wildman–Crippen LogP) is 4.25. The molecule has 156 valence electrons. The fourth-order valence-electron chi connectivity index (χ4n) is 4.05. The highest BCUT2D eigenvalue weighted by Crippen LogP contribution is 2.44. The van der Waals surface area contributed by atoms with E-state index < -0.39 is 10.8 Å². The van der Waals surface area contributed by atoms with Gasteiger partial charge in [-0.2, -0.15) is 5.10 Å². The third-order valence-corrected chi connectivity index (χ3v) is 9.28. The minimum atomic E-state index is -1.09. The molecule has 1 saturated carbocycles. The average Bonchev–Trinajstić information content (AvgIpc) is 3.44. The molecule has 5 heterocycles. The SMILES string of the molecule is Cn1nccc1-c1cc(-c2ccc3nccn3c2)nc2sc(S(=O)C3CCC3)c(N)c12. The van der Waals surface area contributed by atoms with Crippen molar-refractivity contribution in [2.24, 2.45) is 7.05 Å². The van der Waals surface area contributed by atoms with Gasteiger partial charge in [0.25, 0.3) is 0 Å². The summed E-state index contributed by atoms with van der Waals surface area (Å²) in [5, 5.41) is 5.42. The van der Waals surface area contributed by atoms with Crippen LogP contribution in [0.25, 0.3) is 38.4 Å². The smallest absolute Gasteiger partial charge is 0.136 e. The van der Waals surface area contributed by atoms with E-state index in [4.69, 9.17) is 10.7 Å². The van der Waals surface area contributed by atoms with Crippen molar-refractivity contribution in [1.29, 1.82) is 0 Å². The highest BCUT2D eigenvalue weighted by Gasteiger charge is 2.29. The third kappa shape index (κ3) is 2.91. The van der Waals surface area contributed by atoms with E-state index in [1.807, 2.05) is 46.7 Å². The van der Waals surface area contributed by atoms with Crippen molar-refractivity contribution in [1.82, 2.24) is 24.1 Å². The zero-order chi connectivity index (χ0) is 21.1. The van der Waals surface area contributed by atoms with Gasteiger partial charge in [0.05, 0.1) is 27.9 Å². The highest BCUT2D eigenvalue weighted by atomic mass is 32.2. The van der Waals surface area contributed by atoms with Gasteiger partial charge in [-0.3, -0.25) is 8.89 Å². The number of fused-ring (bicyclic) bond motifs is 2. The molecule has 9 heteroatoms. The van der Waals surface area contributed by atoms with E-state index >= 15 is 0 Å². The van der Waals surface area contributed by atoms with Crippen LogP contribution in [-0.4, -0.2) is 33.6 Å². The van der Waals surface area contributed by atoms with E-state index in [0.717, 1.165) is 61.9 Å². The Labute approximate surface area is 185 Å². The average molecular weight is 449 g/mol. The first-order chi connectivity index (χ1) is 15.1. The number of nitrogens with two attached hydrogens (primary N) is 1. The van der Waals surface area contributed by atoms with Gasteiger partial charge in [0.2, 0.25) is 0 Å². The molecule has 0 spiro atoms. The van der Waals surface area contributed by atoms with Crippen LogP contribution in [0.3, 0.4) is 0 Å². The molecule has 1 atom stereocenters. The number of aryl methyl sites for hydroxylation is 1. The van der Waals surface area contributed by atoms with Gasteiger partial charge in [0.1, 0.15) is 14.7 Å². The largest absolute Gasteiger partial charge is 0.396 e. The molecule has 6 rings (SSSR count). The summed E-state index contributed by atoms with van der Waals surface area (Å²) in [6, 6.07) is 8.02. The molecular weight excluding hydrogens is 428 g/mol. The van der Waals surface area contributed by atoms with Gasteiger partial charge in [0, 0.05) is 53.6 Å². The molecule has 0 aliphatic heterocycles. The molecule has 1 unspecified atom stereocenters. The van der Waals surface area contributed by atoms with Crippen LogP contribution in [0.1, 0.15) is 19.3 Å². The molecule has 5 aromatic rings. The Morgan fingerprint density at radius 2 is 2.10 bits per heavy atom. The molecule has 5 aromatic heterocycles. The molecule has 0 bridgehead atoms. The van der Waals surface area contributed by atoms with E-state index in [-0.39, 0.29) is 5.25 Å². The number of thiophene rings is 1. The van der Waals surface area contributed by atoms with E-state index in [1.165, 1.54) is 11.3 Å². The summed E-state index contributed by atoms with van der Waals surface area (Å²) < 4.78 is 17.7. The van der Waals surface area contributed by atoms with E-state index in [1.54, 1.807) is 12.4 Å². The van der Waals surface area contributed by atoms with Gasteiger partial charge in [-0.25, -0.2) is 9.97 Å². The van der Waals surface area contributed by atoms with Crippen LogP contribution in [0.4, 0.5) is 5.69 Å². The fraction of sp³-hybridized carbons (Fsp3) is 0.227. The Morgan fingerprint density at radius 1 is 1.23 bits per heavy atom. The summed E-state index contributed by atoms with van der Waals surface area (Å²) in [6.07, 6.45) is 10.6. The van der Waals surface area contributed by atoms with Gasteiger partial charge in [-0.15, -0.1) is 11.3 Å². The third-order valence-electron chi connectivity index (χ3n) is 5.98. The maximum absolute atomic E-state index is 13.1. The highest BCUT2D eigenvalue weighted by molar-refractivity contribution is 7.88. The first-order valence-electron chi connectivity index (χ1n) is 10.2. The minimum Gasteiger partial charge on any atom is -0.396 e. The quantitative estimate of drug-likeness (QED) is 0.444. The monoisotopic (exact) mass is 448 g/mol. The lowest BCUT2D eigenvalue weighted by molar-refractivity contribution is 0.505. The van der Waals surface area contributed by atoms with Crippen LogP contribution in [0.5, 0.6) is 0 Å². The van der Waals surface area contributed by atoms with E-state index in [9.17, 15) is 4.21 Å². The first-order valence-corrected chi connectivity index (χ1v) is 12.2. The number of nitrogens with zero attached hydrogens (tertiary/aromatic N) is 5. The normalized spacial score (nSPS) is 15.5. The lowest BCUT2D eigenvalue weighted by atomic mass is 10.0. The van der Waals surface area contributed by atoms with E-state index in [0.29, 0.717) is 5.69 Å². The van der Waals surface area contributed by atoms with Crippen molar-refractivity contribution in [3.05, 3.63) is 49.1 Å². The van der Waals surface area contributed by atoms with Crippen molar-refractivity contribution < 1.29 is 4.21 Å². The van der Waals surface area contributed by atoms with E-state index in [2.05, 4.69) is 16.1 Å². The van der Waals surface area contributed by atoms with Crippen LogP contribution in [0, 0.1) is 0 Å². The number of hydrogen-bond acceptors (Lipinski definition) is 6. The number of nitrogen functional groups attached to an aromatic ring is 1. The van der Waals surface area contributed by atoms with Crippen LogP contribution >= 0.6 is 11.3 Å². The summed E-state index contributed by atoms with van der Waals surface area (Å²) in [4.78, 5) is 10.1. The molecule has 1 aliphatic carbocycles. The van der Waals surface area contributed by atoms with Crippen LogP contribution in [0.2, 0.25) is 0 Å². The van der Waals surface area contributed by atoms with Crippen molar-refractivity contribution in [3.63, 3.8) is 0 Å². The molecule has 0 amide bonds. The number of pyridine rings is 2. The summed E-state index contributed by atoms with van der Waals surface area (Å²) in [6.45, 7) is 0. The minimum absolute atomic E-state index is 0.207. The Bertz CT molecular complexity index is 1480. The second kappa shape index (κ2) is 7.00. The zero-order valence-electron chi connectivity index (χ0n) is 16.9. The van der Waals surface area contributed by atoms with Gasteiger partial charge in [-0.05, 0) is 37.1 Å². The van der Waals surface area contributed by atoms with Gasteiger partial charge >= 0.3 is 0 Å². The molecule has 31 heavy (non-hydrogen) atoms. The second-order valence-corrected chi connectivity index (χ2v) is 10.8. The molecule has 1 aliphatic rings. The topological polar surface area (TPSA) is 91.1 Å². The molecule has 0 saturated heterocycles. The first kappa shape index (κ1) is 18.7. The lowest BCUT2D eigenvalue weighted by Crippen LogP contribution is -2.23. The summed E-state index contributed by atoms with van der Waals surface area (Å²) in [5.74, 6) is 0. The maximum Gasteiger partial charge on any atom is 0.136 e. The zero-order valence-corrected chi connectivity index (χ0v) is 18.5. The Morgan fingerprint density at radius 3 is 2.84 bits per heavy atom. The van der Waals surface area contributed by atoms with Crippen molar-refractivity contribution in [3.8, 4) is 22.5 Å². The molecule has 0 radical (unpaired) electrons. The number of aromatic nitrogens is 5. The number of imidazole rings is 1. The maximum atomic E-state index is 13.1. The Hall–Kier alpha value is -3.04. The van der Waals surface area contributed by atoms with Gasteiger partial charge in [0.15, 0.2) is 0 Å². The standard InChI is InChI=1S/C22H20N6OS2/c1-27-17(7-8-25-27)15-11-16(13-5-6-18-24-9-10-28(18)12-13)26-21-19(15)20(23)22(30-21)31(29)14-3-2-4-14/h5-12,14H,2-4,23H2,1H3. The summed E-state index contributed by atoms with van der Waals surface area (Å²) >= 11 is 1.46. The van der Waals surface area contributed by atoms with Crippen molar-refractivity contribution >= 4 is 43.7 Å². The molecule has 7 nitrogen and oxygen atoms in total. The van der Waals surface area contributed by atoms with Crippen molar-refractivity contribution in [2.45, 2.75) is 28.7 Å². The van der Waals surface area contributed by atoms with Gasteiger partial charge in [-0.1, -0.05) is 6.42 Å². The number of rotatable bonds is 4. The van der Waals surface area contributed by atoms with Crippen LogP contribution < -0.4 is 5.73 Å². The van der Waals surface area contributed by atoms with Gasteiger partial charge < -0.3 is 10.1 Å². The molecule has 0 aromatic carbocycles. The predicted molar refractivity (Wildman–Crippen MR) is 124 cm³/mol. The Balaban J connectivity index is 1.60. The number of hydrogen-bond donors (Lipinski definition) is 1. The fourth-order valence-corrected chi connectivity index (χ4v) is 7.26. The number of anilines is 1. The second-order valence-electron chi connectivity index (χ2n) is 7.84. The van der Waals surface area contributed by atoms with Crippen LogP contribution in [-0.2, 0) is 17.8 Å². The Kier molecular flexibility index (Phi) is 4.22. The summed E-state index contributed by atoms with van der Waals surface area (Å²) in [5.41, 5.74) is 11.8. The molecule has 1 fully saturated rings. The lowest BCUT2D eigenvalue weighted by Gasteiger charge is -2.23. The molecular formula is C22H20N6OS2. The van der Waals surface area contributed by atoms with Crippen LogP contribution in [0.15, 0.2) is 53.3 Å². The molecule has 2 N–H and O–H groups in total. The summed E-state index contributed by atoms with van der Waals surface area (Å²) in [7, 11) is 0.820. The van der Waals surface area contributed by atoms with Crippen molar-refractivity contribution in [2.75, 3.05) is 5.73 Å².